The summed E-state index contributed by atoms with van der Waals surface area (Å²) < 4.78 is 10.2. The van der Waals surface area contributed by atoms with Gasteiger partial charge in [-0.15, -0.1) is 0 Å². The minimum Gasteiger partial charge on any atom is -0.497 e. The lowest BCUT2D eigenvalue weighted by atomic mass is 10.1. The zero-order valence-electron chi connectivity index (χ0n) is 12.8. The number of anilines is 1. The molecular formula is C16H22N2O4. The van der Waals surface area contributed by atoms with Crippen LogP contribution in [0.25, 0.3) is 0 Å². The van der Waals surface area contributed by atoms with Gasteiger partial charge in [-0.1, -0.05) is 0 Å². The molecule has 0 radical (unpaired) electrons. The molecule has 1 N–H and O–H groups in total. The molecule has 1 aliphatic rings. The molecule has 22 heavy (non-hydrogen) atoms. The molecule has 120 valence electrons. The predicted molar refractivity (Wildman–Crippen MR) is 82.9 cm³/mol. The van der Waals surface area contributed by atoms with Gasteiger partial charge in [0.05, 0.1) is 7.11 Å². The van der Waals surface area contributed by atoms with Crippen molar-refractivity contribution >= 4 is 17.5 Å². The summed E-state index contributed by atoms with van der Waals surface area (Å²) >= 11 is 0. The molecule has 0 spiro atoms. The fourth-order valence-corrected chi connectivity index (χ4v) is 2.34. The summed E-state index contributed by atoms with van der Waals surface area (Å²) in [5.41, 5.74) is 0.664. The number of benzene rings is 1. The highest BCUT2D eigenvalue weighted by Gasteiger charge is 2.16. The van der Waals surface area contributed by atoms with Crippen molar-refractivity contribution in [3.8, 4) is 5.75 Å². The first-order valence-electron chi connectivity index (χ1n) is 7.48. The van der Waals surface area contributed by atoms with Crippen molar-refractivity contribution in [2.24, 2.45) is 0 Å². The zero-order valence-corrected chi connectivity index (χ0v) is 12.8. The Morgan fingerprint density at radius 2 is 1.77 bits per heavy atom. The van der Waals surface area contributed by atoms with Crippen molar-refractivity contribution in [2.75, 3.05) is 38.7 Å². The second-order valence-electron chi connectivity index (χ2n) is 5.21. The Morgan fingerprint density at radius 1 is 1.09 bits per heavy atom. The quantitative estimate of drug-likeness (QED) is 0.868. The monoisotopic (exact) mass is 306 g/mol. The number of nitrogens with one attached hydrogen (secondary N) is 1. The van der Waals surface area contributed by atoms with E-state index >= 15 is 0 Å². The maximum atomic E-state index is 11.9. The SMILES string of the molecule is COc1ccc(NC(=O)COCC(=O)N2CCCCC2)cc1. The summed E-state index contributed by atoms with van der Waals surface area (Å²) in [6.45, 7) is 1.40. The van der Waals surface area contributed by atoms with Gasteiger partial charge in [0.2, 0.25) is 11.8 Å². The zero-order chi connectivity index (χ0) is 15.8. The van der Waals surface area contributed by atoms with E-state index in [-0.39, 0.29) is 25.0 Å². The summed E-state index contributed by atoms with van der Waals surface area (Å²) in [5, 5.41) is 2.70. The molecule has 1 aliphatic heterocycles. The summed E-state index contributed by atoms with van der Waals surface area (Å²) in [6.07, 6.45) is 3.27. The van der Waals surface area contributed by atoms with Gasteiger partial charge >= 0.3 is 0 Å². The molecule has 1 heterocycles. The second-order valence-corrected chi connectivity index (χ2v) is 5.21. The highest BCUT2D eigenvalue weighted by Crippen LogP contribution is 2.14. The number of carbonyl (C=O) groups excluding carboxylic acids is 2. The van der Waals surface area contributed by atoms with Gasteiger partial charge < -0.3 is 19.7 Å². The highest BCUT2D eigenvalue weighted by atomic mass is 16.5. The largest absolute Gasteiger partial charge is 0.497 e. The Balaban J connectivity index is 1.67. The molecule has 1 saturated heterocycles. The molecule has 1 fully saturated rings. The van der Waals surface area contributed by atoms with Gasteiger partial charge in [-0.05, 0) is 43.5 Å². The van der Waals surface area contributed by atoms with E-state index in [1.54, 1.807) is 36.3 Å². The number of carbonyl (C=O) groups is 2. The number of nitrogens with zero attached hydrogens (tertiary/aromatic N) is 1. The number of likely N-dealkylation sites (tertiary alicyclic amines) is 1. The molecule has 6 heteroatoms. The van der Waals surface area contributed by atoms with Crippen molar-refractivity contribution < 1.29 is 19.1 Å². The number of amides is 2. The topological polar surface area (TPSA) is 67.9 Å². The molecule has 6 nitrogen and oxygen atoms in total. The van der Waals surface area contributed by atoms with Crippen molar-refractivity contribution in [3.05, 3.63) is 24.3 Å². The molecule has 0 atom stereocenters. The number of methoxy groups -OCH3 is 1. The van der Waals surface area contributed by atoms with E-state index in [1.165, 1.54) is 6.42 Å². The Bertz CT molecular complexity index is 495. The summed E-state index contributed by atoms with van der Waals surface area (Å²) in [6, 6.07) is 7.01. The number of piperidine rings is 1. The number of ether oxygens (including phenoxy) is 2. The second kappa shape index (κ2) is 8.38. The van der Waals surface area contributed by atoms with Crippen LogP contribution in [-0.4, -0.2) is 50.1 Å². The van der Waals surface area contributed by atoms with Crippen LogP contribution in [-0.2, 0) is 14.3 Å². The average molecular weight is 306 g/mol. The fourth-order valence-electron chi connectivity index (χ4n) is 2.34. The molecule has 0 saturated carbocycles. The standard InChI is InChI=1S/C16H22N2O4/c1-21-14-7-5-13(6-8-14)17-15(19)11-22-12-16(20)18-9-3-2-4-10-18/h5-8H,2-4,9-12H2,1H3,(H,17,19). The van der Waals surface area contributed by atoms with Crippen LogP contribution < -0.4 is 10.1 Å². The summed E-state index contributed by atoms with van der Waals surface area (Å²) in [4.78, 5) is 25.4. The van der Waals surface area contributed by atoms with Gasteiger partial charge in [0.25, 0.3) is 0 Å². The highest BCUT2D eigenvalue weighted by molar-refractivity contribution is 5.91. The maximum Gasteiger partial charge on any atom is 0.250 e. The van der Waals surface area contributed by atoms with Gasteiger partial charge in [-0.25, -0.2) is 0 Å². The minimum absolute atomic E-state index is 0.0445. The van der Waals surface area contributed by atoms with E-state index in [9.17, 15) is 9.59 Å². The molecule has 0 aliphatic carbocycles. The van der Waals surface area contributed by atoms with Crippen LogP contribution in [0.1, 0.15) is 19.3 Å². The Kier molecular flexibility index (Phi) is 6.21. The van der Waals surface area contributed by atoms with Crippen LogP contribution in [0.3, 0.4) is 0 Å². The molecule has 0 unspecified atom stereocenters. The summed E-state index contributed by atoms with van der Waals surface area (Å²) in [5.74, 6) is 0.398. The molecule has 1 aromatic rings. The van der Waals surface area contributed by atoms with Crippen molar-refractivity contribution in [1.82, 2.24) is 4.90 Å². The smallest absolute Gasteiger partial charge is 0.250 e. The van der Waals surface area contributed by atoms with Crippen molar-refractivity contribution in [2.45, 2.75) is 19.3 Å². The Morgan fingerprint density at radius 3 is 2.41 bits per heavy atom. The molecule has 2 rings (SSSR count). The normalized spacial score (nSPS) is 14.5. The van der Waals surface area contributed by atoms with Crippen LogP contribution >= 0.6 is 0 Å². The molecule has 2 amide bonds. The number of rotatable bonds is 6. The third kappa shape index (κ3) is 5.04. The van der Waals surface area contributed by atoms with E-state index < -0.39 is 0 Å². The van der Waals surface area contributed by atoms with Crippen LogP contribution in [0.15, 0.2) is 24.3 Å². The van der Waals surface area contributed by atoms with Crippen molar-refractivity contribution in [3.63, 3.8) is 0 Å². The van der Waals surface area contributed by atoms with Gasteiger partial charge in [0.15, 0.2) is 0 Å². The van der Waals surface area contributed by atoms with Crippen LogP contribution in [0, 0.1) is 0 Å². The third-order valence-electron chi connectivity index (χ3n) is 3.54. The summed E-state index contributed by atoms with van der Waals surface area (Å²) in [7, 11) is 1.58. The first-order valence-corrected chi connectivity index (χ1v) is 7.48. The van der Waals surface area contributed by atoms with Gasteiger partial charge in [-0.2, -0.15) is 0 Å². The van der Waals surface area contributed by atoms with E-state index in [0.29, 0.717) is 5.69 Å². The van der Waals surface area contributed by atoms with Crippen LogP contribution in [0.4, 0.5) is 5.69 Å². The lowest BCUT2D eigenvalue weighted by Crippen LogP contribution is -2.38. The van der Waals surface area contributed by atoms with E-state index in [2.05, 4.69) is 5.32 Å². The first-order chi connectivity index (χ1) is 10.7. The minimum atomic E-state index is -0.281. The Hall–Kier alpha value is -2.08. The van der Waals surface area contributed by atoms with Crippen molar-refractivity contribution in [1.29, 1.82) is 0 Å². The fraction of sp³-hybridized carbons (Fsp3) is 0.500. The molecule has 1 aromatic carbocycles. The first kappa shape index (κ1) is 16.3. The molecule has 0 bridgehead atoms. The average Bonchev–Trinajstić information content (AvgIpc) is 2.56. The van der Waals surface area contributed by atoms with E-state index in [1.807, 2.05) is 0 Å². The number of hydrogen-bond donors (Lipinski definition) is 1. The van der Waals surface area contributed by atoms with Gasteiger partial charge in [0, 0.05) is 18.8 Å². The van der Waals surface area contributed by atoms with E-state index in [0.717, 1.165) is 31.7 Å². The lowest BCUT2D eigenvalue weighted by molar-refractivity contribution is -0.138. The van der Waals surface area contributed by atoms with Gasteiger partial charge in [0.1, 0.15) is 19.0 Å². The Labute approximate surface area is 130 Å². The van der Waals surface area contributed by atoms with Crippen LogP contribution in [0.2, 0.25) is 0 Å². The third-order valence-corrected chi connectivity index (χ3v) is 3.54. The molecule has 0 aromatic heterocycles. The van der Waals surface area contributed by atoms with Gasteiger partial charge in [-0.3, -0.25) is 9.59 Å². The lowest BCUT2D eigenvalue weighted by Gasteiger charge is -2.26. The maximum absolute atomic E-state index is 11.9. The predicted octanol–water partition coefficient (Wildman–Crippen LogP) is 1.66. The van der Waals surface area contributed by atoms with E-state index in [4.69, 9.17) is 9.47 Å². The molecular weight excluding hydrogens is 284 g/mol. The van der Waals surface area contributed by atoms with Crippen LogP contribution in [0.5, 0.6) is 5.75 Å². The number of hydrogen-bond acceptors (Lipinski definition) is 4.